The molecule has 0 fully saturated rings. The summed E-state index contributed by atoms with van der Waals surface area (Å²) in [6.07, 6.45) is 1.48. The van der Waals surface area contributed by atoms with E-state index in [9.17, 15) is 10.1 Å². The van der Waals surface area contributed by atoms with Gasteiger partial charge in [-0.1, -0.05) is 24.3 Å². The van der Waals surface area contributed by atoms with Crippen molar-refractivity contribution in [1.82, 2.24) is 0 Å². The molecule has 0 radical (unpaired) electrons. The van der Waals surface area contributed by atoms with Crippen LogP contribution in [-0.4, -0.2) is 20.1 Å². The van der Waals surface area contributed by atoms with Gasteiger partial charge in [0.2, 0.25) is 0 Å². The molecule has 2 rings (SSSR count). The topological polar surface area (TPSA) is 71.3 Å². The molecule has 2 aromatic carbocycles. The van der Waals surface area contributed by atoms with Crippen molar-refractivity contribution in [3.63, 3.8) is 0 Å². The number of nitrogens with zero attached hydrogens (tertiary/aromatic N) is 1. The smallest absolute Gasteiger partial charge is 0.266 e. The van der Waals surface area contributed by atoms with Crippen LogP contribution in [0.2, 0.25) is 0 Å². The molecule has 1 N–H and O–H groups in total. The van der Waals surface area contributed by atoms with Crippen molar-refractivity contribution in [3.8, 4) is 17.6 Å². The number of anilines is 1. The van der Waals surface area contributed by atoms with Crippen molar-refractivity contribution in [1.29, 1.82) is 5.26 Å². The van der Waals surface area contributed by atoms with Crippen LogP contribution in [0.4, 0.5) is 5.69 Å². The second kappa shape index (κ2) is 8.36. The van der Waals surface area contributed by atoms with Crippen molar-refractivity contribution in [2.24, 2.45) is 0 Å². The molecule has 0 atom stereocenters. The van der Waals surface area contributed by atoms with Gasteiger partial charge in [-0.15, -0.1) is 0 Å². The number of halogens is 1. The van der Waals surface area contributed by atoms with Crippen LogP contribution < -0.4 is 14.8 Å². The summed E-state index contributed by atoms with van der Waals surface area (Å²) in [5.74, 6) is 0.517. The van der Waals surface area contributed by atoms with Gasteiger partial charge in [0.05, 0.1) is 19.9 Å². The maximum absolute atomic E-state index is 12.4. The first kappa shape index (κ1) is 17.8. The molecule has 0 spiro atoms. The second-order valence-electron chi connectivity index (χ2n) is 4.69. The zero-order valence-electron chi connectivity index (χ0n) is 13.2. The Kier molecular flexibility index (Phi) is 6.21. The minimum absolute atomic E-state index is 0.0267. The van der Waals surface area contributed by atoms with E-state index >= 15 is 0 Å². The molecular weight excluding hydrogens is 419 g/mol. The van der Waals surface area contributed by atoms with Crippen molar-refractivity contribution in [3.05, 3.63) is 57.2 Å². The third kappa shape index (κ3) is 4.06. The average Bonchev–Trinajstić information content (AvgIpc) is 2.60. The highest BCUT2D eigenvalue weighted by Crippen LogP contribution is 2.32. The maximum atomic E-state index is 12.4. The van der Waals surface area contributed by atoms with Gasteiger partial charge in [-0.3, -0.25) is 4.79 Å². The van der Waals surface area contributed by atoms with Crippen LogP contribution in [0.25, 0.3) is 6.08 Å². The Hall–Kier alpha value is -2.53. The van der Waals surface area contributed by atoms with Crippen LogP contribution >= 0.6 is 22.6 Å². The molecule has 0 heterocycles. The summed E-state index contributed by atoms with van der Waals surface area (Å²) in [4.78, 5) is 12.4. The molecular formula is C18H15IN2O3. The van der Waals surface area contributed by atoms with Gasteiger partial charge in [0.15, 0.2) is 11.5 Å². The largest absolute Gasteiger partial charge is 0.493 e. The molecule has 0 aliphatic rings. The lowest BCUT2D eigenvalue weighted by molar-refractivity contribution is -0.112. The van der Waals surface area contributed by atoms with Gasteiger partial charge < -0.3 is 14.8 Å². The molecule has 0 aliphatic carbocycles. The number of benzene rings is 2. The van der Waals surface area contributed by atoms with Crippen LogP contribution in [0.5, 0.6) is 11.5 Å². The summed E-state index contributed by atoms with van der Waals surface area (Å²) in [7, 11) is 3.04. The van der Waals surface area contributed by atoms with Crippen LogP contribution in [0, 0.1) is 14.9 Å². The van der Waals surface area contributed by atoms with Crippen molar-refractivity contribution >= 4 is 40.3 Å². The number of hydrogen-bond donors (Lipinski definition) is 1. The lowest BCUT2D eigenvalue weighted by Crippen LogP contribution is -2.14. The Morgan fingerprint density at radius 1 is 1.17 bits per heavy atom. The van der Waals surface area contributed by atoms with Crippen molar-refractivity contribution in [2.75, 3.05) is 19.5 Å². The lowest BCUT2D eigenvalue weighted by Gasteiger charge is -2.11. The molecule has 122 valence electrons. The first-order valence-electron chi connectivity index (χ1n) is 6.99. The standard InChI is InChI=1S/C18H15IN2O3/c1-23-16-9-5-6-12(17(16)24-2)10-13(11-20)18(22)21-15-8-4-3-7-14(15)19/h3-10H,1-2H3,(H,21,22). The number of methoxy groups -OCH3 is 2. The number of nitrogens with one attached hydrogen (secondary N) is 1. The Bertz CT molecular complexity index is 825. The van der Waals surface area contributed by atoms with E-state index < -0.39 is 5.91 Å². The number of hydrogen-bond acceptors (Lipinski definition) is 4. The average molecular weight is 434 g/mol. The second-order valence-corrected chi connectivity index (χ2v) is 5.85. The molecule has 0 saturated carbocycles. The fourth-order valence-corrected chi connectivity index (χ4v) is 2.60. The number of amides is 1. The van der Waals surface area contributed by atoms with Gasteiger partial charge in [0.1, 0.15) is 11.6 Å². The Balaban J connectivity index is 2.35. The number of para-hydroxylation sites is 2. The molecule has 0 bridgehead atoms. The summed E-state index contributed by atoms with van der Waals surface area (Å²) in [5.41, 5.74) is 1.22. The van der Waals surface area contributed by atoms with E-state index in [0.717, 1.165) is 3.57 Å². The van der Waals surface area contributed by atoms with E-state index in [1.54, 1.807) is 24.3 Å². The molecule has 0 aromatic heterocycles. The van der Waals surface area contributed by atoms with Gasteiger partial charge in [0.25, 0.3) is 5.91 Å². The number of rotatable bonds is 5. The minimum atomic E-state index is -0.480. The molecule has 5 nitrogen and oxygen atoms in total. The third-order valence-corrected chi connectivity index (χ3v) is 4.16. The van der Waals surface area contributed by atoms with E-state index in [4.69, 9.17) is 9.47 Å². The number of carbonyl (C=O) groups is 1. The summed E-state index contributed by atoms with van der Waals surface area (Å²) < 4.78 is 11.4. The molecule has 0 saturated heterocycles. The fourth-order valence-electron chi connectivity index (χ4n) is 2.08. The summed E-state index contributed by atoms with van der Waals surface area (Å²) in [6, 6.07) is 14.5. The van der Waals surface area contributed by atoms with E-state index in [0.29, 0.717) is 22.7 Å². The van der Waals surface area contributed by atoms with Gasteiger partial charge in [-0.2, -0.15) is 5.26 Å². The quantitative estimate of drug-likeness (QED) is 0.441. The molecule has 0 unspecified atom stereocenters. The first-order chi connectivity index (χ1) is 11.6. The summed E-state index contributed by atoms with van der Waals surface area (Å²) in [5, 5.41) is 12.1. The molecule has 1 amide bonds. The maximum Gasteiger partial charge on any atom is 0.266 e. The number of ether oxygens (including phenoxy) is 2. The Morgan fingerprint density at radius 2 is 1.92 bits per heavy atom. The highest BCUT2D eigenvalue weighted by molar-refractivity contribution is 14.1. The van der Waals surface area contributed by atoms with Gasteiger partial charge in [0, 0.05) is 9.13 Å². The Labute approximate surface area is 154 Å². The summed E-state index contributed by atoms with van der Waals surface area (Å²) >= 11 is 2.12. The number of carbonyl (C=O) groups excluding carboxylic acids is 1. The lowest BCUT2D eigenvalue weighted by atomic mass is 10.1. The van der Waals surface area contributed by atoms with Gasteiger partial charge >= 0.3 is 0 Å². The normalized spacial score (nSPS) is 10.7. The minimum Gasteiger partial charge on any atom is -0.493 e. The first-order valence-corrected chi connectivity index (χ1v) is 8.07. The van der Waals surface area contributed by atoms with E-state index in [2.05, 4.69) is 27.9 Å². The van der Waals surface area contributed by atoms with Gasteiger partial charge in [-0.25, -0.2) is 0 Å². The van der Waals surface area contributed by atoms with Crippen LogP contribution in [0.1, 0.15) is 5.56 Å². The SMILES string of the molecule is COc1cccc(C=C(C#N)C(=O)Nc2ccccc2I)c1OC. The molecule has 2 aromatic rings. The monoisotopic (exact) mass is 434 g/mol. The van der Waals surface area contributed by atoms with Gasteiger partial charge in [-0.05, 0) is 46.9 Å². The highest BCUT2D eigenvalue weighted by atomic mass is 127. The third-order valence-electron chi connectivity index (χ3n) is 3.22. The molecule has 24 heavy (non-hydrogen) atoms. The Morgan fingerprint density at radius 3 is 2.54 bits per heavy atom. The van der Waals surface area contributed by atoms with Crippen LogP contribution in [0.3, 0.4) is 0 Å². The number of nitriles is 1. The fraction of sp³-hybridized carbons (Fsp3) is 0.111. The van der Waals surface area contributed by atoms with Crippen LogP contribution in [-0.2, 0) is 4.79 Å². The van der Waals surface area contributed by atoms with Crippen molar-refractivity contribution < 1.29 is 14.3 Å². The van der Waals surface area contributed by atoms with E-state index in [-0.39, 0.29) is 5.57 Å². The highest BCUT2D eigenvalue weighted by Gasteiger charge is 2.14. The summed E-state index contributed by atoms with van der Waals surface area (Å²) in [6.45, 7) is 0. The van der Waals surface area contributed by atoms with E-state index in [1.807, 2.05) is 24.3 Å². The molecule has 6 heteroatoms. The predicted molar refractivity (Wildman–Crippen MR) is 101 cm³/mol. The van der Waals surface area contributed by atoms with E-state index in [1.165, 1.54) is 20.3 Å². The van der Waals surface area contributed by atoms with Crippen LogP contribution in [0.15, 0.2) is 48.0 Å². The zero-order chi connectivity index (χ0) is 17.5. The molecule has 0 aliphatic heterocycles. The predicted octanol–water partition coefficient (Wildman–Crippen LogP) is 3.85. The zero-order valence-corrected chi connectivity index (χ0v) is 15.3. The van der Waals surface area contributed by atoms with Crippen molar-refractivity contribution in [2.45, 2.75) is 0 Å².